The van der Waals surface area contributed by atoms with Crippen molar-refractivity contribution in [1.82, 2.24) is 5.32 Å². The van der Waals surface area contributed by atoms with Crippen molar-refractivity contribution in [3.05, 3.63) is 108 Å². The molecule has 3 rings (SSSR count). The van der Waals surface area contributed by atoms with E-state index in [1.807, 2.05) is 91.0 Å². The Balaban J connectivity index is 1.79. The SMILES string of the molecule is O=C(O)NCC(O)COCCOC(c1ccccc1)(c1ccccc1)c1ccccc1. The summed E-state index contributed by atoms with van der Waals surface area (Å²) in [5, 5.41) is 20.5. The smallest absolute Gasteiger partial charge is 0.404 e. The predicted octanol–water partition coefficient (Wildman–Crippen LogP) is 3.64. The lowest BCUT2D eigenvalue weighted by atomic mass is 9.80. The molecule has 0 aromatic heterocycles. The predicted molar refractivity (Wildman–Crippen MR) is 118 cm³/mol. The summed E-state index contributed by atoms with van der Waals surface area (Å²) in [4.78, 5) is 10.5. The molecule has 162 valence electrons. The van der Waals surface area contributed by atoms with Crippen LogP contribution in [0.1, 0.15) is 16.7 Å². The van der Waals surface area contributed by atoms with Crippen LogP contribution in [-0.2, 0) is 15.1 Å². The summed E-state index contributed by atoms with van der Waals surface area (Å²) in [6.07, 6.45) is -2.10. The third kappa shape index (κ3) is 5.92. The van der Waals surface area contributed by atoms with Gasteiger partial charge in [-0.1, -0.05) is 91.0 Å². The fourth-order valence-electron chi connectivity index (χ4n) is 3.51. The Morgan fingerprint density at radius 2 is 1.26 bits per heavy atom. The Hall–Kier alpha value is -3.19. The summed E-state index contributed by atoms with van der Waals surface area (Å²) >= 11 is 0. The van der Waals surface area contributed by atoms with Crippen LogP contribution in [0, 0.1) is 0 Å². The van der Waals surface area contributed by atoms with Gasteiger partial charge in [0.1, 0.15) is 5.60 Å². The van der Waals surface area contributed by atoms with Gasteiger partial charge in [-0.25, -0.2) is 4.79 Å². The van der Waals surface area contributed by atoms with Gasteiger partial charge in [-0.3, -0.25) is 0 Å². The monoisotopic (exact) mass is 421 g/mol. The minimum Gasteiger partial charge on any atom is -0.465 e. The van der Waals surface area contributed by atoms with E-state index in [-0.39, 0.29) is 26.4 Å². The molecule has 0 spiro atoms. The number of nitrogens with one attached hydrogen (secondary N) is 1. The first kappa shape index (κ1) is 22.5. The Bertz CT molecular complexity index is 822. The minimum absolute atomic E-state index is 0.0126. The van der Waals surface area contributed by atoms with Crippen molar-refractivity contribution in [2.75, 3.05) is 26.4 Å². The Labute approximate surface area is 182 Å². The second-order valence-electron chi connectivity index (χ2n) is 7.04. The van der Waals surface area contributed by atoms with Crippen LogP contribution < -0.4 is 5.32 Å². The molecule has 31 heavy (non-hydrogen) atoms. The number of carboxylic acid groups (broad SMARTS) is 1. The highest BCUT2D eigenvalue weighted by Gasteiger charge is 2.37. The van der Waals surface area contributed by atoms with Gasteiger partial charge >= 0.3 is 6.09 Å². The Morgan fingerprint density at radius 1 is 0.806 bits per heavy atom. The fourth-order valence-corrected chi connectivity index (χ4v) is 3.51. The topological polar surface area (TPSA) is 88.0 Å². The first-order valence-corrected chi connectivity index (χ1v) is 10.2. The highest BCUT2D eigenvalue weighted by Crippen LogP contribution is 2.40. The molecule has 1 unspecified atom stereocenters. The molecule has 1 atom stereocenters. The zero-order valence-corrected chi connectivity index (χ0v) is 17.2. The summed E-state index contributed by atoms with van der Waals surface area (Å²) in [6.45, 7) is 0.451. The molecule has 0 fully saturated rings. The molecule has 6 nitrogen and oxygen atoms in total. The van der Waals surface area contributed by atoms with Crippen LogP contribution in [-0.4, -0.2) is 48.8 Å². The Morgan fingerprint density at radius 3 is 1.68 bits per heavy atom. The second kappa shape index (κ2) is 11.3. The van der Waals surface area contributed by atoms with Crippen LogP contribution >= 0.6 is 0 Å². The van der Waals surface area contributed by atoms with E-state index in [9.17, 15) is 9.90 Å². The third-order valence-electron chi connectivity index (χ3n) is 4.89. The number of rotatable bonds is 11. The first-order valence-electron chi connectivity index (χ1n) is 10.2. The molecule has 1 amide bonds. The van der Waals surface area contributed by atoms with Crippen molar-refractivity contribution >= 4 is 6.09 Å². The number of benzene rings is 3. The normalized spacial score (nSPS) is 12.3. The molecule has 3 aromatic carbocycles. The number of ether oxygens (including phenoxy) is 2. The van der Waals surface area contributed by atoms with E-state index < -0.39 is 17.8 Å². The third-order valence-corrected chi connectivity index (χ3v) is 4.89. The van der Waals surface area contributed by atoms with E-state index in [2.05, 4.69) is 5.32 Å². The molecule has 3 aromatic rings. The minimum atomic E-state index is -1.18. The van der Waals surface area contributed by atoms with Gasteiger partial charge in [0.15, 0.2) is 0 Å². The maximum atomic E-state index is 10.5. The lowest BCUT2D eigenvalue weighted by molar-refractivity contribution is -0.0385. The van der Waals surface area contributed by atoms with Crippen LogP contribution in [0.15, 0.2) is 91.0 Å². The van der Waals surface area contributed by atoms with Crippen LogP contribution in [0.2, 0.25) is 0 Å². The largest absolute Gasteiger partial charge is 0.465 e. The van der Waals surface area contributed by atoms with Gasteiger partial charge < -0.3 is 25.0 Å². The fraction of sp³-hybridized carbons (Fsp3) is 0.240. The number of amides is 1. The van der Waals surface area contributed by atoms with Crippen molar-refractivity contribution < 1.29 is 24.5 Å². The van der Waals surface area contributed by atoms with Gasteiger partial charge in [0.2, 0.25) is 0 Å². The summed E-state index contributed by atoms with van der Waals surface area (Å²) in [5.41, 5.74) is 2.17. The van der Waals surface area contributed by atoms with E-state index in [4.69, 9.17) is 14.6 Å². The van der Waals surface area contributed by atoms with Crippen molar-refractivity contribution in [1.29, 1.82) is 0 Å². The summed E-state index contributed by atoms with van der Waals surface area (Å²) in [7, 11) is 0. The number of aliphatic hydroxyl groups excluding tert-OH is 1. The number of carbonyl (C=O) groups is 1. The molecule has 0 aliphatic rings. The molecule has 3 N–H and O–H groups in total. The molecular formula is C25H27NO5. The average molecular weight is 421 g/mol. The van der Waals surface area contributed by atoms with Crippen molar-refractivity contribution in [2.45, 2.75) is 11.7 Å². The van der Waals surface area contributed by atoms with Gasteiger partial charge in [-0.05, 0) is 16.7 Å². The summed E-state index contributed by atoms with van der Waals surface area (Å²) in [5.74, 6) is 0. The van der Waals surface area contributed by atoms with Crippen LogP contribution in [0.3, 0.4) is 0 Å². The molecule has 0 aliphatic carbocycles. The lowest BCUT2D eigenvalue weighted by Gasteiger charge is -2.36. The van der Waals surface area contributed by atoms with Crippen molar-refractivity contribution in [2.24, 2.45) is 0 Å². The molecule has 0 saturated heterocycles. The van der Waals surface area contributed by atoms with Crippen LogP contribution in [0.25, 0.3) is 0 Å². The zero-order chi connectivity index (χ0) is 21.9. The number of hydrogen-bond acceptors (Lipinski definition) is 4. The van der Waals surface area contributed by atoms with Gasteiger partial charge in [0.25, 0.3) is 0 Å². The van der Waals surface area contributed by atoms with E-state index >= 15 is 0 Å². The van der Waals surface area contributed by atoms with E-state index in [0.29, 0.717) is 0 Å². The highest BCUT2D eigenvalue weighted by atomic mass is 16.5. The van der Waals surface area contributed by atoms with Crippen LogP contribution in [0.5, 0.6) is 0 Å². The maximum Gasteiger partial charge on any atom is 0.404 e. The summed E-state index contributed by atoms with van der Waals surface area (Å²) < 4.78 is 12.1. The lowest BCUT2D eigenvalue weighted by Crippen LogP contribution is -2.35. The van der Waals surface area contributed by atoms with E-state index in [1.165, 1.54) is 0 Å². The van der Waals surface area contributed by atoms with Crippen molar-refractivity contribution in [3.8, 4) is 0 Å². The summed E-state index contributed by atoms with van der Waals surface area (Å²) in [6, 6.07) is 30.1. The molecular weight excluding hydrogens is 394 g/mol. The van der Waals surface area contributed by atoms with Gasteiger partial charge in [-0.15, -0.1) is 0 Å². The molecule has 0 aliphatic heterocycles. The number of aliphatic hydroxyl groups is 1. The molecule has 0 bridgehead atoms. The molecule has 0 radical (unpaired) electrons. The zero-order valence-electron chi connectivity index (χ0n) is 17.2. The van der Waals surface area contributed by atoms with E-state index in [0.717, 1.165) is 16.7 Å². The second-order valence-corrected chi connectivity index (χ2v) is 7.04. The maximum absolute atomic E-state index is 10.5. The molecule has 0 heterocycles. The first-order chi connectivity index (χ1) is 15.1. The van der Waals surface area contributed by atoms with Gasteiger partial charge in [0.05, 0.1) is 25.9 Å². The van der Waals surface area contributed by atoms with E-state index in [1.54, 1.807) is 0 Å². The van der Waals surface area contributed by atoms with Gasteiger partial charge in [0, 0.05) is 6.54 Å². The average Bonchev–Trinajstić information content (AvgIpc) is 2.82. The van der Waals surface area contributed by atoms with Crippen LogP contribution in [0.4, 0.5) is 4.79 Å². The Kier molecular flexibility index (Phi) is 8.18. The highest BCUT2D eigenvalue weighted by molar-refractivity contribution is 5.64. The quantitative estimate of drug-likeness (QED) is 0.325. The molecule has 0 saturated carbocycles. The standard InChI is InChI=1S/C25H27NO5/c27-23(18-26-24(28)29)19-30-16-17-31-25(20-10-4-1-5-11-20,21-12-6-2-7-13-21)22-14-8-3-9-15-22/h1-15,23,26-27H,16-19H2,(H,28,29). The number of hydrogen-bond donors (Lipinski definition) is 3. The van der Waals surface area contributed by atoms with Gasteiger partial charge in [-0.2, -0.15) is 0 Å². The molecule has 6 heteroatoms. The van der Waals surface area contributed by atoms with Crippen molar-refractivity contribution in [3.63, 3.8) is 0 Å².